The number of aliphatic hydroxyl groups excluding tert-OH is 2. The molecule has 0 aliphatic carbocycles. The van der Waals surface area contributed by atoms with Gasteiger partial charge in [-0.05, 0) is 25.7 Å². The fourth-order valence-corrected chi connectivity index (χ4v) is 3.26. The summed E-state index contributed by atoms with van der Waals surface area (Å²) in [5.41, 5.74) is 0. The maximum Gasteiger partial charge on any atom is 0.105 e. The van der Waals surface area contributed by atoms with Crippen LogP contribution in [0.4, 0.5) is 0 Å². The van der Waals surface area contributed by atoms with E-state index in [2.05, 4.69) is 27.8 Å². The van der Waals surface area contributed by atoms with Gasteiger partial charge in [0.05, 0.1) is 13.6 Å². The SMILES string of the molecule is CCCCCC[N+](C)(CC(O)CCCC)CC(O)CCCC.[Cl-]. The predicted octanol–water partition coefficient (Wildman–Crippen LogP) is 1.12. The first-order valence-electron chi connectivity index (χ1n) is 9.67. The molecule has 4 heteroatoms. The van der Waals surface area contributed by atoms with Crippen LogP contribution in [0.15, 0.2) is 0 Å². The first kappa shape index (κ1) is 25.4. The Kier molecular flexibility index (Phi) is 17.3. The van der Waals surface area contributed by atoms with Crippen LogP contribution in [0.3, 0.4) is 0 Å². The van der Waals surface area contributed by atoms with Gasteiger partial charge in [-0.2, -0.15) is 0 Å². The van der Waals surface area contributed by atoms with E-state index in [1.54, 1.807) is 0 Å². The van der Waals surface area contributed by atoms with Crippen LogP contribution < -0.4 is 12.4 Å². The quantitative estimate of drug-likeness (QED) is 0.343. The van der Waals surface area contributed by atoms with Crippen molar-refractivity contribution in [3.05, 3.63) is 0 Å². The van der Waals surface area contributed by atoms with E-state index in [1.807, 2.05) is 0 Å². The third-order valence-corrected chi connectivity index (χ3v) is 4.64. The summed E-state index contributed by atoms with van der Waals surface area (Å²) in [4.78, 5) is 0. The number of hydrogen-bond acceptors (Lipinski definition) is 2. The van der Waals surface area contributed by atoms with Crippen LogP contribution in [0.2, 0.25) is 0 Å². The summed E-state index contributed by atoms with van der Waals surface area (Å²) in [6, 6.07) is 0. The molecular formula is C19H42ClNO2. The second-order valence-electron chi connectivity index (χ2n) is 7.36. The molecule has 2 atom stereocenters. The Morgan fingerprint density at radius 1 is 0.696 bits per heavy atom. The third-order valence-electron chi connectivity index (χ3n) is 4.64. The summed E-state index contributed by atoms with van der Waals surface area (Å²) in [6.45, 7) is 9.22. The molecule has 0 aromatic rings. The molecule has 0 spiro atoms. The highest BCUT2D eigenvalue weighted by atomic mass is 35.5. The van der Waals surface area contributed by atoms with Crippen molar-refractivity contribution >= 4 is 0 Å². The van der Waals surface area contributed by atoms with Crippen molar-refractivity contribution in [1.82, 2.24) is 0 Å². The molecule has 0 aliphatic heterocycles. The van der Waals surface area contributed by atoms with Gasteiger partial charge in [0.25, 0.3) is 0 Å². The molecule has 142 valence electrons. The lowest BCUT2D eigenvalue weighted by Crippen LogP contribution is -3.00. The van der Waals surface area contributed by atoms with Gasteiger partial charge in [0.1, 0.15) is 25.3 Å². The summed E-state index contributed by atoms with van der Waals surface area (Å²) < 4.78 is 0.819. The zero-order chi connectivity index (χ0) is 16.8. The van der Waals surface area contributed by atoms with Crippen molar-refractivity contribution in [2.45, 2.75) is 97.2 Å². The normalized spacial score (nSPS) is 16.4. The molecule has 2 unspecified atom stereocenters. The standard InChI is InChI=1S/C19H42NO2.ClH/c1-5-8-11-12-15-20(4,16-18(21)13-9-6-2)17-19(22)14-10-7-3;/h18-19,21-22H,5-17H2,1-4H3;1H/q+1;/p-1. The lowest BCUT2D eigenvalue weighted by atomic mass is 10.1. The van der Waals surface area contributed by atoms with Crippen LogP contribution in [0.1, 0.15) is 85.0 Å². The summed E-state index contributed by atoms with van der Waals surface area (Å²) in [7, 11) is 2.22. The average molecular weight is 352 g/mol. The zero-order valence-electron chi connectivity index (χ0n) is 16.1. The van der Waals surface area contributed by atoms with E-state index in [9.17, 15) is 10.2 Å². The molecule has 0 aromatic heterocycles. The number of likely N-dealkylation sites (N-methyl/N-ethyl adjacent to an activating group) is 1. The Hall–Kier alpha value is 0.170. The zero-order valence-corrected chi connectivity index (χ0v) is 16.8. The van der Waals surface area contributed by atoms with Gasteiger partial charge < -0.3 is 27.1 Å². The fourth-order valence-electron chi connectivity index (χ4n) is 3.26. The van der Waals surface area contributed by atoms with Crippen LogP contribution in [0.5, 0.6) is 0 Å². The molecule has 0 saturated carbocycles. The minimum atomic E-state index is -0.227. The highest BCUT2D eigenvalue weighted by molar-refractivity contribution is 4.60. The Labute approximate surface area is 151 Å². The Morgan fingerprint density at radius 2 is 1.13 bits per heavy atom. The van der Waals surface area contributed by atoms with Crippen LogP contribution in [0.25, 0.3) is 0 Å². The van der Waals surface area contributed by atoms with E-state index in [4.69, 9.17) is 0 Å². The van der Waals surface area contributed by atoms with Crippen LogP contribution in [-0.2, 0) is 0 Å². The van der Waals surface area contributed by atoms with Gasteiger partial charge in [0.2, 0.25) is 0 Å². The summed E-state index contributed by atoms with van der Waals surface area (Å²) >= 11 is 0. The molecule has 0 radical (unpaired) electrons. The molecule has 3 nitrogen and oxygen atoms in total. The van der Waals surface area contributed by atoms with Crippen molar-refractivity contribution < 1.29 is 27.1 Å². The highest BCUT2D eigenvalue weighted by Gasteiger charge is 2.27. The van der Waals surface area contributed by atoms with E-state index >= 15 is 0 Å². The second kappa shape index (κ2) is 15.7. The largest absolute Gasteiger partial charge is 1.00 e. The monoisotopic (exact) mass is 351 g/mol. The second-order valence-corrected chi connectivity index (χ2v) is 7.36. The van der Waals surface area contributed by atoms with E-state index in [0.29, 0.717) is 0 Å². The molecule has 0 aliphatic rings. The van der Waals surface area contributed by atoms with Crippen LogP contribution in [0, 0.1) is 0 Å². The van der Waals surface area contributed by atoms with E-state index in [1.165, 1.54) is 25.7 Å². The van der Waals surface area contributed by atoms with Crippen molar-refractivity contribution in [1.29, 1.82) is 0 Å². The molecule has 0 rings (SSSR count). The van der Waals surface area contributed by atoms with Crippen molar-refractivity contribution in [2.75, 3.05) is 26.7 Å². The molecule has 0 aromatic carbocycles. The maximum absolute atomic E-state index is 10.3. The van der Waals surface area contributed by atoms with Crippen LogP contribution >= 0.6 is 0 Å². The van der Waals surface area contributed by atoms with Crippen molar-refractivity contribution in [2.24, 2.45) is 0 Å². The number of quaternary nitrogens is 1. The average Bonchev–Trinajstić information content (AvgIpc) is 2.47. The third kappa shape index (κ3) is 14.2. The number of rotatable bonds is 15. The molecule has 0 fully saturated rings. The fraction of sp³-hybridized carbons (Fsp3) is 1.00. The smallest absolute Gasteiger partial charge is 0.105 e. The predicted molar refractivity (Wildman–Crippen MR) is 96.0 cm³/mol. The molecule has 0 saturated heterocycles. The van der Waals surface area contributed by atoms with Crippen molar-refractivity contribution in [3.63, 3.8) is 0 Å². The van der Waals surface area contributed by atoms with Gasteiger partial charge in [0.15, 0.2) is 0 Å². The number of hydrogen-bond donors (Lipinski definition) is 2. The van der Waals surface area contributed by atoms with Gasteiger partial charge in [0, 0.05) is 0 Å². The van der Waals surface area contributed by atoms with E-state index < -0.39 is 0 Å². The molecular weight excluding hydrogens is 310 g/mol. The number of aliphatic hydroxyl groups is 2. The van der Waals surface area contributed by atoms with Gasteiger partial charge in [-0.25, -0.2) is 0 Å². The number of unbranched alkanes of at least 4 members (excludes halogenated alkanes) is 5. The number of nitrogens with zero attached hydrogens (tertiary/aromatic N) is 1. The van der Waals surface area contributed by atoms with Gasteiger partial charge in [-0.15, -0.1) is 0 Å². The molecule has 0 bridgehead atoms. The number of halogens is 1. The lowest BCUT2D eigenvalue weighted by molar-refractivity contribution is -0.915. The van der Waals surface area contributed by atoms with Gasteiger partial charge >= 0.3 is 0 Å². The van der Waals surface area contributed by atoms with E-state index in [0.717, 1.165) is 62.6 Å². The molecule has 2 N–H and O–H groups in total. The summed E-state index contributed by atoms with van der Waals surface area (Å²) in [5.74, 6) is 0. The van der Waals surface area contributed by atoms with Crippen LogP contribution in [-0.4, -0.2) is 53.6 Å². The Bertz CT molecular complexity index is 236. The summed E-state index contributed by atoms with van der Waals surface area (Å²) in [6.07, 6.45) is 10.8. The van der Waals surface area contributed by atoms with Gasteiger partial charge in [-0.1, -0.05) is 59.3 Å². The molecule has 23 heavy (non-hydrogen) atoms. The Balaban J connectivity index is 0. The topological polar surface area (TPSA) is 40.5 Å². The maximum atomic E-state index is 10.3. The first-order valence-corrected chi connectivity index (χ1v) is 9.67. The Morgan fingerprint density at radius 3 is 1.52 bits per heavy atom. The lowest BCUT2D eigenvalue weighted by Gasteiger charge is -2.38. The first-order chi connectivity index (χ1) is 10.5. The van der Waals surface area contributed by atoms with Gasteiger partial charge in [-0.3, -0.25) is 0 Å². The minimum absolute atomic E-state index is 0. The molecule has 0 heterocycles. The van der Waals surface area contributed by atoms with Crippen molar-refractivity contribution in [3.8, 4) is 0 Å². The van der Waals surface area contributed by atoms with E-state index in [-0.39, 0.29) is 24.6 Å². The highest BCUT2D eigenvalue weighted by Crippen LogP contribution is 2.15. The minimum Gasteiger partial charge on any atom is -1.00 e. The molecule has 0 amide bonds. The summed E-state index contributed by atoms with van der Waals surface area (Å²) in [5, 5.41) is 20.6.